The lowest BCUT2D eigenvalue weighted by Crippen LogP contribution is -2.01. The average molecular weight is 316 g/mol. The Morgan fingerprint density at radius 1 is 1.44 bits per heavy atom. The number of thioether (sulfide) groups is 1. The van der Waals surface area contributed by atoms with Crippen molar-refractivity contribution >= 4 is 33.4 Å². The summed E-state index contributed by atoms with van der Waals surface area (Å²) in [6.45, 7) is 1.46. The van der Waals surface area contributed by atoms with E-state index in [4.69, 9.17) is 0 Å². The lowest BCUT2D eigenvalue weighted by atomic mass is 10.2. The molecule has 0 aliphatic rings. The summed E-state index contributed by atoms with van der Waals surface area (Å²) in [6, 6.07) is 2.49. The Bertz CT molecular complexity index is 436. The SMILES string of the molecule is Cc1ccc(SC(F)(F)F)c(Br)c1[N+](=O)[O-]. The van der Waals surface area contributed by atoms with Gasteiger partial charge in [0, 0.05) is 10.5 Å². The van der Waals surface area contributed by atoms with Crippen LogP contribution in [0, 0.1) is 17.0 Å². The van der Waals surface area contributed by atoms with Gasteiger partial charge in [0.2, 0.25) is 0 Å². The summed E-state index contributed by atoms with van der Waals surface area (Å²) in [5, 5.41) is 10.6. The van der Waals surface area contributed by atoms with Crippen LogP contribution < -0.4 is 0 Å². The lowest BCUT2D eigenvalue weighted by Gasteiger charge is -2.08. The van der Waals surface area contributed by atoms with Crippen LogP contribution in [0.4, 0.5) is 18.9 Å². The molecule has 0 aliphatic carbocycles. The van der Waals surface area contributed by atoms with Crippen LogP contribution >= 0.6 is 27.7 Å². The Morgan fingerprint density at radius 2 is 2.00 bits per heavy atom. The van der Waals surface area contributed by atoms with E-state index in [9.17, 15) is 23.3 Å². The largest absolute Gasteiger partial charge is 0.446 e. The van der Waals surface area contributed by atoms with Crippen LogP contribution in [0.2, 0.25) is 0 Å². The van der Waals surface area contributed by atoms with E-state index in [0.29, 0.717) is 5.56 Å². The molecule has 1 aromatic rings. The van der Waals surface area contributed by atoms with Crippen molar-refractivity contribution in [3.8, 4) is 0 Å². The first-order valence-corrected chi connectivity index (χ1v) is 5.52. The summed E-state index contributed by atoms with van der Waals surface area (Å²) >= 11 is 2.44. The minimum absolute atomic E-state index is 0.139. The molecule has 0 N–H and O–H groups in total. The van der Waals surface area contributed by atoms with Crippen molar-refractivity contribution in [3.63, 3.8) is 0 Å². The van der Waals surface area contributed by atoms with E-state index in [2.05, 4.69) is 15.9 Å². The van der Waals surface area contributed by atoms with Crippen molar-refractivity contribution in [2.75, 3.05) is 0 Å². The Balaban J connectivity index is 3.24. The third-order valence-corrected chi connectivity index (χ3v) is 3.55. The summed E-state index contributed by atoms with van der Waals surface area (Å²) in [5.41, 5.74) is -4.50. The van der Waals surface area contributed by atoms with Crippen LogP contribution in [-0.4, -0.2) is 10.4 Å². The van der Waals surface area contributed by atoms with Crippen molar-refractivity contribution in [2.24, 2.45) is 0 Å². The van der Waals surface area contributed by atoms with Gasteiger partial charge in [-0.3, -0.25) is 10.1 Å². The van der Waals surface area contributed by atoms with Crippen LogP contribution in [0.25, 0.3) is 0 Å². The van der Waals surface area contributed by atoms with Gasteiger partial charge in [-0.05, 0) is 40.7 Å². The zero-order chi connectivity index (χ0) is 12.5. The maximum Gasteiger partial charge on any atom is 0.446 e. The number of rotatable bonds is 2. The van der Waals surface area contributed by atoms with Crippen LogP contribution in [0.15, 0.2) is 21.5 Å². The third-order valence-electron chi connectivity index (χ3n) is 1.69. The monoisotopic (exact) mass is 315 g/mol. The number of hydrogen-bond donors (Lipinski definition) is 0. The Morgan fingerprint density at radius 3 is 2.44 bits per heavy atom. The van der Waals surface area contributed by atoms with Gasteiger partial charge in [0.1, 0.15) is 4.47 Å². The molecule has 0 fully saturated rings. The highest BCUT2D eigenvalue weighted by atomic mass is 79.9. The number of aryl methyl sites for hydroxylation is 1. The van der Waals surface area contributed by atoms with Crippen LogP contribution in [-0.2, 0) is 0 Å². The highest BCUT2D eigenvalue weighted by molar-refractivity contribution is 9.10. The molecule has 0 aliphatic heterocycles. The van der Waals surface area contributed by atoms with E-state index in [1.807, 2.05) is 0 Å². The topological polar surface area (TPSA) is 43.1 Å². The maximum absolute atomic E-state index is 12.1. The maximum atomic E-state index is 12.1. The molecule has 16 heavy (non-hydrogen) atoms. The Labute approximate surface area is 101 Å². The first kappa shape index (κ1) is 13.3. The lowest BCUT2D eigenvalue weighted by molar-refractivity contribution is -0.386. The normalized spacial score (nSPS) is 11.6. The molecule has 8 heteroatoms. The molecule has 0 radical (unpaired) electrons. The molecule has 0 atom stereocenters. The van der Waals surface area contributed by atoms with Gasteiger partial charge in [0.05, 0.1) is 4.92 Å². The summed E-state index contributed by atoms with van der Waals surface area (Å²) in [6.07, 6.45) is 0. The smallest absolute Gasteiger partial charge is 0.258 e. The summed E-state index contributed by atoms with van der Waals surface area (Å²) in [7, 11) is 0. The van der Waals surface area contributed by atoms with Crippen LogP contribution in [0.5, 0.6) is 0 Å². The molecule has 3 nitrogen and oxygen atoms in total. The molecule has 0 saturated carbocycles. The number of nitro groups is 1. The van der Waals surface area contributed by atoms with Gasteiger partial charge in [-0.1, -0.05) is 6.07 Å². The van der Waals surface area contributed by atoms with Crippen molar-refractivity contribution in [3.05, 3.63) is 32.3 Å². The molecule has 1 rings (SSSR count). The van der Waals surface area contributed by atoms with Gasteiger partial charge in [-0.2, -0.15) is 13.2 Å². The number of nitrogens with zero attached hydrogens (tertiary/aromatic N) is 1. The predicted molar refractivity (Wildman–Crippen MR) is 57.4 cm³/mol. The molecule has 0 spiro atoms. The zero-order valence-electron chi connectivity index (χ0n) is 7.84. The molecule has 0 aromatic heterocycles. The second kappa shape index (κ2) is 4.62. The van der Waals surface area contributed by atoms with Gasteiger partial charge in [-0.25, -0.2) is 0 Å². The standard InChI is InChI=1S/C8H5BrF3NO2S/c1-4-2-3-5(16-8(10,11)12)6(9)7(4)13(14)15/h2-3H,1H3. The highest BCUT2D eigenvalue weighted by Crippen LogP contribution is 2.44. The molecule has 0 saturated heterocycles. The van der Waals surface area contributed by atoms with Crippen molar-refractivity contribution in [2.45, 2.75) is 17.3 Å². The molecular formula is C8H5BrF3NO2S. The fraction of sp³-hybridized carbons (Fsp3) is 0.250. The van der Waals surface area contributed by atoms with E-state index in [1.165, 1.54) is 19.1 Å². The van der Waals surface area contributed by atoms with E-state index >= 15 is 0 Å². The van der Waals surface area contributed by atoms with Crippen LogP contribution in [0.1, 0.15) is 5.56 Å². The molecular weight excluding hydrogens is 311 g/mol. The zero-order valence-corrected chi connectivity index (χ0v) is 10.2. The van der Waals surface area contributed by atoms with E-state index in [0.717, 1.165) is 0 Å². The number of hydrogen-bond acceptors (Lipinski definition) is 3. The van der Waals surface area contributed by atoms with Crippen molar-refractivity contribution in [1.82, 2.24) is 0 Å². The second-order valence-corrected chi connectivity index (χ2v) is 4.75. The van der Waals surface area contributed by atoms with Gasteiger partial charge >= 0.3 is 5.51 Å². The van der Waals surface area contributed by atoms with Crippen molar-refractivity contribution in [1.29, 1.82) is 0 Å². The molecule has 0 unspecified atom stereocenters. The fourth-order valence-electron chi connectivity index (χ4n) is 1.07. The average Bonchev–Trinajstić information content (AvgIpc) is 2.07. The van der Waals surface area contributed by atoms with E-state index < -0.39 is 10.4 Å². The minimum Gasteiger partial charge on any atom is -0.258 e. The van der Waals surface area contributed by atoms with Crippen LogP contribution in [0.3, 0.4) is 0 Å². The van der Waals surface area contributed by atoms with Gasteiger partial charge < -0.3 is 0 Å². The predicted octanol–water partition coefficient (Wildman–Crippen LogP) is 4.28. The molecule has 0 amide bonds. The number of nitro benzene ring substituents is 1. The van der Waals surface area contributed by atoms with Gasteiger partial charge in [0.25, 0.3) is 5.69 Å². The Kier molecular flexibility index (Phi) is 3.84. The molecule has 1 aromatic carbocycles. The quantitative estimate of drug-likeness (QED) is 0.465. The minimum atomic E-state index is -4.47. The van der Waals surface area contributed by atoms with Crippen molar-refractivity contribution < 1.29 is 18.1 Å². The van der Waals surface area contributed by atoms with E-state index in [1.54, 1.807) is 0 Å². The first-order valence-electron chi connectivity index (χ1n) is 3.91. The molecule has 88 valence electrons. The first-order chi connectivity index (χ1) is 7.22. The molecule has 0 bridgehead atoms. The number of alkyl halides is 3. The number of halogens is 4. The fourth-order valence-corrected chi connectivity index (χ4v) is 2.47. The third kappa shape index (κ3) is 3.11. The summed E-state index contributed by atoms with van der Waals surface area (Å²) in [5.74, 6) is 0. The number of benzene rings is 1. The Hall–Kier alpha value is -0.760. The summed E-state index contributed by atoms with van der Waals surface area (Å²) < 4.78 is 36.2. The highest BCUT2D eigenvalue weighted by Gasteiger charge is 2.32. The van der Waals surface area contributed by atoms with E-state index in [-0.39, 0.29) is 26.8 Å². The summed E-state index contributed by atoms with van der Waals surface area (Å²) in [4.78, 5) is 9.72. The second-order valence-electron chi connectivity index (χ2n) is 2.85. The van der Waals surface area contributed by atoms with Gasteiger partial charge in [0.15, 0.2) is 0 Å². The molecule has 0 heterocycles. The van der Waals surface area contributed by atoms with Gasteiger partial charge in [-0.15, -0.1) is 0 Å².